The van der Waals surface area contributed by atoms with Gasteiger partial charge in [0.15, 0.2) is 0 Å². The fourth-order valence-electron chi connectivity index (χ4n) is 3.09. The molecule has 0 aliphatic heterocycles. The SMILES string of the molecule is O=[N+]([O-])c1ccccc1CC(Cl)C1CCCCCCC1. The van der Waals surface area contributed by atoms with Gasteiger partial charge < -0.3 is 0 Å². The van der Waals surface area contributed by atoms with Crippen LogP contribution < -0.4 is 0 Å². The molecule has 3 nitrogen and oxygen atoms in total. The Morgan fingerprint density at radius 1 is 1.15 bits per heavy atom. The van der Waals surface area contributed by atoms with E-state index in [1.54, 1.807) is 12.1 Å². The van der Waals surface area contributed by atoms with E-state index in [2.05, 4.69) is 0 Å². The van der Waals surface area contributed by atoms with Crippen molar-refractivity contribution in [2.24, 2.45) is 5.92 Å². The molecule has 0 saturated heterocycles. The summed E-state index contributed by atoms with van der Waals surface area (Å²) in [5.74, 6) is 0.497. The molecule has 0 heterocycles. The van der Waals surface area contributed by atoms with Crippen LogP contribution in [0.2, 0.25) is 0 Å². The maximum atomic E-state index is 11.0. The zero-order valence-electron chi connectivity index (χ0n) is 11.8. The summed E-state index contributed by atoms with van der Waals surface area (Å²) in [5.41, 5.74) is 0.962. The van der Waals surface area contributed by atoms with Crippen LogP contribution in [0.15, 0.2) is 24.3 Å². The van der Waals surface area contributed by atoms with E-state index in [0.717, 1.165) is 18.4 Å². The summed E-state index contributed by atoms with van der Waals surface area (Å²) in [6.07, 6.45) is 9.34. The second-order valence-corrected chi connectivity index (χ2v) is 6.27. The Morgan fingerprint density at radius 3 is 2.40 bits per heavy atom. The number of hydrogen-bond acceptors (Lipinski definition) is 2. The predicted octanol–water partition coefficient (Wildman–Crippen LogP) is 5.11. The number of alkyl halides is 1. The van der Waals surface area contributed by atoms with Gasteiger partial charge in [-0.05, 0) is 25.2 Å². The fourth-order valence-corrected chi connectivity index (χ4v) is 3.51. The van der Waals surface area contributed by atoms with Gasteiger partial charge in [-0.25, -0.2) is 0 Å². The summed E-state index contributed by atoms with van der Waals surface area (Å²) in [6.45, 7) is 0. The lowest BCUT2D eigenvalue weighted by Crippen LogP contribution is -2.19. The minimum Gasteiger partial charge on any atom is -0.258 e. The first-order valence-electron chi connectivity index (χ1n) is 7.55. The van der Waals surface area contributed by atoms with Crippen LogP contribution in [0.25, 0.3) is 0 Å². The fraction of sp³-hybridized carbons (Fsp3) is 0.625. The third-order valence-corrected chi connectivity index (χ3v) is 4.78. The van der Waals surface area contributed by atoms with E-state index in [9.17, 15) is 10.1 Å². The van der Waals surface area contributed by atoms with E-state index in [-0.39, 0.29) is 16.0 Å². The van der Waals surface area contributed by atoms with Gasteiger partial charge >= 0.3 is 0 Å². The molecule has 0 bridgehead atoms. The molecule has 0 aromatic heterocycles. The number of hydrogen-bond donors (Lipinski definition) is 0. The average molecular weight is 296 g/mol. The number of para-hydroxylation sites is 1. The van der Waals surface area contributed by atoms with Crippen LogP contribution in [-0.4, -0.2) is 10.3 Å². The first-order valence-corrected chi connectivity index (χ1v) is 7.98. The summed E-state index contributed by atoms with van der Waals surface area (Å²) in [6, 6.07) is 6.96. The van der Waals surface area contributed by atoms with Crippen LogP contribution in [0.1, 0.15) is 50.5 Å². The normalized spacial score (nSPS) is 19.1. The van der Waals surface area contributed by atoms with E-state index in [4.69, 9.17) is 11.6 Å². The molecule has 1 aromatic rings. The highest BCUT2D eigenvalue weighted by Crippen LogP contribution is 2.31. The molecule has 0 amide bonds. The molecule has 0 spiro atoms. The second-order valence-electron chi connectivity index (χ2n) is 5.71. The first kappa shape index (κ1) is 15.3. The predicted molar refractivity (Wildman–Crippen MR) is 82.3 cm³/mol. The van der Waals surface area contributed by atoms with Gasteiger partial charge in [-0.15, -0.1) is 11.6 Å². The van der Waals surface area contributed by atoms with Crippen molar-refractivity contribution < 1.29 is 4.92 Å². The van der Waals surface area contributed by atoms with Crippen LogP contribution in [-0.2, 0) is 6.42 Å². The van der Waals surface area contributed by atoms with Crippen LogP contribution >= 0.6 is 11.6 Å². The van der Waals surface area contributed by atoms with Gasteiger partial charge in [0.2, 0.25) is 0 Å². The molecule has 2 rings (SSSR count). The molecule has 20 heavy (non-hydrogen) atoms. The Hall–Kier alpha value is -1.09. The van der Waals surface area contributed by atoms with Gasteiger partial charge in [-0.1, -0.05) is 50.3 Å². The van der Waals surface area contributed by atoms with Gasteiger partial charge in [-0.2, -0.15) is 0 Å². The monoisotopic (exact) mass is 295 g/mol. The molecule has 110 valence electrons. The van der Waals surface area contributed by atoms with E-state index in [0.29, 0.717) is 12.3 Å². The maximum Gasteiger partial charge on any atom is 0.272 e. The minimum atomic E-state index is -0.308. The standard InChI is InChI=1S/C16H22ClNO2/c17-15(13-8-4-2-1-3-5-9-13)12-14-10-6-7-11-16(14)18(19)20/h6-7,10-11,13,15H,1-5,8-9,12H2. The molecule has 1 atom stereocenters. The van der Waals surface area contributed by atoms with Crippen molar-refractivity contribution in [1.29, 1.82) is 0 Å². The van der Waals surface area contributed by atoms with Crippen molar-refractivity contribution >= 4 is 17.3 Å². The van der Waals surface area contributed by atoms with Gasteiger partial charge in [0.1, 0.15) is 0 Å². The molecule has 1 unspecified atom stereocenters. The molecule has 0 radical (unpaired) electrons. The molecular weight excluding hydrogens is 274 g/mol. The number of benzene rings is 1. The summed E-state index contributed by atoms with van der Waals surface area (Å²) in [7, 11) is 0. The maximum absolute atomic E-state index is 11.0. The van der Waals surface area contributed by atoms with Gasteiger partial charge in [0, 0.05) is 17.0 Å². The summed E-state index contributed by atoms with van der Waals surface area (Å²) < 4.78 is 0. The van der Waals surface area contributed by atoms with Gasteiger partial charge in [0.25, 0.3) is 5.69 Å². The van der Waals surface area contributed by atoms with E-state index < -0.39 is 0 Å². The van der Waals surface area contributed by atoms with Gasteiger partial charge in [0.05, 0.1) is 4.92 Å². The number of rotatable bonds is 4. The second kappa shape index (κ2) is 7.63. The third kappa shape index (κ3) is 4.20. The zero-order valence-corrected chi connectivity index (χ0v) is 12.5. The number of nitrogens with zero attached hydrogens (tertiary/aromatic N) is 1. The highest BCUT2D eigenvalue weighted by molar-refractivity contribution is 6.21. The lowest BCUT2D eigenvalue weighted by molar-refractivity contribution is -0.385. The van der Waals surface area contributed by atoms with Crippen LogP contribution in [0, 0.1) is 16.0 Å². The molecule has 4 heteroatoms. The first-order chi connectivity index (χ1) is 9.68. The Balaban J connectivity index is 2.02. The molecule has 1 aromatic carbocycles. The van der Waals surface area contributed by atoms with Crippen molar-refractivity contribution in [2.45, 2.75) is 56.7 Å². The van der Waals surface area contributed by atoms with Gasteiger partial charge in [-0.3, -0.25) is 10.1 Å². The molecule has 1 saturated carbocycles. The van der Waals surface area contributed by atoms with Crippen molar-refractivity contribution in [3.63, 3.8) is 0 Å². The molecule has 1 aliphatic carbocycles. The Labute approximate surface area is 125 Å². The smallest absolute Gasteiger partial charge is 0.258 e. The summed E-state index contributed by atoms with van der Waals surface area (Å²) >= 11 is 6.57. The summed E-state index contributed by atoms with van der Waals surface area (Å²) in [5, 5.41) is 11.1. The number of nitro benzene ring substituents is 1. The van der Waals surface area contributed by atoms with E-state index >= 15 is 0 Å². The number of nitro groups is 1. The van der Waals surface area contributed by atoms with Crippen molar-refractivity contribution in [1.82, 2.24) is 0 Å². The van der Waals surface area contributed by atoms with Crippen molar-refractivity contribution in [2.75, 3.05) is 0 Å². The molecular formula is C16H22ClNO2. The van der Waals surface area contributed by atoms with Crippen LogP contribution in [0.3, 0.4) is 0 Å². The topological polar surface area (TPSA) is 43.1 Å². The minimum absolute atomic E-state index is 0.00852. The molecule has 0 N–H and O–H groups in total. The average Bonchev–Trinajstić information content (AvgIpc) is 2.38. The lowest BCUT2D eigenvalue weighted by Gasteiger charge is -2.24. The quantitative estimate of drug-likeness (QED) is 0.440. The highest BCUT2D eigenvalue weighted by atomic mass is 35.5. The van der Waals surface area contributed by atoms with Crippen molar-refractivity contribution in [3.8, 4) is 0 Å². The Kier molecular flexibility index (Phi) is 5.84. The van der Waals surface area contributed by atoms with E-state index in [1.165, 1.54) is 32.1 Å². The molecule has 1 aliphatic rings. The van der Waals surface area contributed by atoms with Crippen LogP contribution in [0.4, 0.5) is 5.69 Å². The zero-order chi connectivity index (χ0) is 14.4. The lowest BCUT2D eigenvalue weighted by atomic mass is 9.86. The van der Waals surface area contributed by atoms with Crippen LogP contribution in [0.5, 0.6) is 0 Å². The van der Waals surface area contributed by atoms with E-state index in [1.807, 2.05) is 12.1 Å². The van der Waals surface area contributed by atoms with Crippen molar-refractivity contribution in [3.05, 3.63) is 39.9 Å². The summed E-state index contributed by atoms with van der Waals surface area (Å²) in [4.78, 5) is 10.7. The molecule has 1 fully saturated rings. The number of halogens is 1. The Morgan fingerprint density at radius 2 is 1.75 bits per heavy atom. The highest BCUT2D eigenvalue weighted by Gasteiger charge is 2.23. The third-order valence-electron chi connectivity index (χ3n) is 4.26. The largest absolute Gasteiger partial charge is 0.272 e. The Bertz CT molecular complexity index is 442.